The van der Waals surface area contributed by atoms with Crippen LogP contribution in [0.15, 0.2) is 48.5 Å². The van der Waals surface area contributed by atoms with E-state index < -0.39 is 6.04 Å². The maximum absolute atomic E-state index is 11.8. The minimum absolute atomic E-state index is 0.0947. The number of amides is 3. The first kappa shape index (κ1) is 20.0. The average molecular weight is 393 g/mol. The molecule has 1 atom stereocenters. The normalized spacial score (nSPS) is 14.4. The molecule has 1 heterocycles. The number of likely N-dealkylation sites (tertiary alicyclic amines) is 1. The second-order valence-electron chi connectivity index (χ2n) is 6.56. The first-order valence-corrected chi connectivity index (χ1v) is 9.01. The van der Waals surface area contributed by atoms with E-state index in [4.69, 9.17) is 10.00 Å². The highest BCUT2D eigenvalue weighted by atomic mass is 16.5. The fourth-order valence-corrected chi connectivity index (χ4v) is 3.01. The van der Waals surface area contributed by atoms with Crippen molar-refractivity contribution in [2.45, 2.75) is 18.9 Å². The van der Waals surface area contributed by atoms with E-state index in [2.05, 4.69) is 6.07 Å². The van der Waals surface area contributed by atoms with Gasteiger partial charge in [0.1, 0.15) is 18.4 Å². The number of carbonyl (C=O) groups is 3. The van der Waals surface area contributed by atoms with Gasteiger partial charge in [-0.1, -0.05) is 24.3 Å². The molecular formula is C21H19N3O5. The Bertz CT molecular complexity index is 918. The summed E-state index contributed by atoms with van der Waals surface area (Å²) in [4.78, 5) is 35.5. The smallest absolute Gasteiger partial charge is 0.233 e. The molecule has 0 aliphatic carbocycles. The Morgan fingerprint density at radius 1 is 1.07 bits per heavy atom. The molecule has 0 saturated carbocycles. The molecule has 0 unspecified atom stereocenters. The fraction of sp³-hybridized carbons (Fsp3) is 0.238. The van der Waals surface area contributed by atoms with Gasteiger partial charge >= 0.3 is 0 Å². The first-order chi connectivity index (χ1) is 14.0. The average Bonchev–Trinajstić information content (AvgIpc) is 3.08. The van der Waals surface area contributed by atoms with Gasteiger partial charge in [0.2, 0.25) is 18.2 Å². The highest BCUT2D eigenvalue weighted by Crippen LogP contribution is 2.23. The minimum Gasteiger partial charge on any atom is -0.491 e. The molecule has 8 nitrogen and oxygen atoms in total. The van der Waals surface area contributed by atoms with Gasteiger partial charge in [-0.05, 0) is 35.4 Å². The lowest BCUT2D eigenvalue weighted by atomic mass is 10.0. The Morgan fingerprint density at radius 3 is 2.14 bits per heavy atom. The number of carbonyl (C=O) groups excluding carboxylic acids is 3. The van der Waals surface area contributed by atoms with Gasteiger partial charge in [0.05, 0.1) is 18.2 Å². The van der Waals surface area contributed by atoms with Gasteiger partial charge in [-0.3, -0.25) is 24.5 Å². The molecule has 2 aromatic carbocycles. The van der Waals surface area contributed by atoms with Crippen LogP contribution in [-0.4, -0.2) is 52.6 Å². The van der Waals surface area contributed by atoms with Crippen LogP contribution in [-0.2, 0) is 14.4 Å². The van der Waals surface area contributed by atoms with Crippen LogP contribution in [0.2, 0.25) is 0 Å². The second-order valence-corrected chi connectivity index (χ2v) is 6.56. The molecule has 3 rings (SSSR count). The number of hydrogen-bond acceptors (Lipinski definition) is 6. The Hall–Kier alpha value is -3.70. The number of rotatable bonds is 8. The molecular weight excluding hydrogens is 374 g/mol. The summed E-state index contributed by atoms with van der Waals surface area (Å²) in [5.41, 5.74) is 2.46. The summed E-state index contributed by atoms with van der Waals surface area (Å²) in [5.74, 6) is -0.150. The highest BCUT2D eigenvalue weighted by molar-refractivity contribution is 6.01. The van der Waals surface area contributed by atoms with Crippen LogP contribution in [0.5, 0.6) is 5.75 Å². The lowest BCUT2D eigenvalue weighted by Crippen LogP contribution is -2.47. The Balaban J connectivity index is 1.64. The predicted octanol–water partition coefficient (Wildman–Crippen LogP) is 1.97. The Kier molecular flexibility index (Phi) is 6.22. The number of hydrogen-bond donors (Lipinski definition) is 1. The summed E-state index contributed by atoms with van der Waals surface area (Å²) < 4.78 is 5.65. The molecule has 1 N–H and O–H groups in total. The van der Waals surface area contributed by atoms with E-state index in [1.54, 1.807) is 24.3 Å². The van der Waals surface area contributed by atoms with Gasteiger partial charge in [-0.15, -0.1) is 0 Å². The first-order valence-electron chi connectivity index (χ1n) is 9.01. The van der Waals surface area contributed by atoms with Crippen LogP contribution in [0.25, 0.3) is 11.1 Å². The third-order valence-corrected chi connectivity index (χ3v) is 4.67. The van der Waals surface area contributed by atoms with Crippen molar-refractivity contribution in [3.8, 4) is 22.9 Å². The third kappa shape index (κ3) is 4.78. The van der Waals surface area contributed by atoms with Gasteiger partial charge in [0, 0.05) is 12.8 Å². The van der Waals surface area contributed by atoms with Gasteiger partial charge in [-0.25, -0.2) is 5.06 Å². The summed E-state index contributed by atoms with van der Waals surface area (Å²) >= 11 is 0. The zero-order valence-corrected chi connectivity index (χ0v) is 15.5. The summed E-state index contributed by atoms with van der Waals surface area (Å²) in [6.45, 7) is -0.223. The number of ether oxygens (including phenoxy) is 1. The fourth-order valence-electron chi connectivity index (χ4n) is 3.01. The molecule has 0 aromatic heterocycles. The standard InChI is InChI=1S/C21H19N3O5/c22-11-15-1-3-16(4-2-15)17-5-7-19(8-6-17)29-13-18(24(28)14-25)12-23-20(26)9-10-21(23)27/h1-8,14,18,28H,9-10,12-13H2/t18-/m1/s1. The number of nitrogens with zero attached hydrogens (tertiary/aromatic N) is 3. The van der Waals surface area contributed by atoms with Crippen LogP contribution >= 0.6 is 0 Å². The van der Waals surface area contributed by atoms with Crippen LogP contribution in [0.4, 0.5) is 0 Å². The molecule has 148 valence electrons. The minimum atomic E-state index is -0.878. The van der Waals surface area contributed by atoms with E-state index in [-0.39, 0.29) is 44.2 Å². The summed E-state index contributed by atoms with van der Waals surface area (Å²) in [6.07, 6.45) is 0.485. The zero-order chi connectivity index (χ0) is 20.8. The SMILES string of the molecule is N#Cc1ccc(-c2ccc(OC[C@@H](CN3C(=O)CCC3=O)N(O)C=O)cc2)cc1. The van der Waals surface area contributed by atoms with E-state index in [0.29, 0.717) is 16.4 Å². The van der Waals surface area contributed by atoms with Crippen molar-refractivity contribution in [2.24, 2.45) is 0 Å². The van der Waals surface area contributed by atoms with Crippen LogP contribution in [0.3, 0.4) is 0 Å². The Morgan fingerprint density at radius 2 is 1.62 bits per heavy atom. The number of benzene rings is 2. The van der Waals surface area contributed by atoms with Crippen molar-refractivity contribution in [1.82, 2.24) is 9.96 Å². The van der Waals surface area contributed by atoms with Gasteiger partial charge < -0.3 is 4.74 Å². The van der Waals surface area contributed by atoms with E-state index in [0.717, 1.165) is 16.0 Å². The van der Waals surface area contributed by atoms with Crippen LogP contribution in [0.1, 0.15) is 18.4 Å². The maximum atomic E-state index is 11.8. The second kappa shape index (κ2) is 8.99. The number of hydroxylamine groups is 2. The van der Waals surface area contributed by atoms with Gasteiger partial charge in [-0.2, -0.15) is 5.26 Å². The predicted molar refractivity (Wildman–Crippen MR) is 102 cm³/mol. The van der Waals surface area contributed by atoms with E-state index >= 15 is 0 Å². The van der Waals surface area contributed by atoms with E-state index in [9.17, 15) is 19.6 Å². The van der Waals surface area contributed by atoms with Gasteiger partial charge in [0.15, 0.2) is 0 Å². The summed E-state index contributed by atoms with van der Waals surface area (Å²) in [5, 5.41) is 19.0. The van der Waals surface area contributed by atoms with Gasteiger partial charge in [0.25, 0.3) is 0 Å². The maximum Gasteiger partial charge on any atom is 0.233 e. The molecule has 3 amide bonds. The molecule has 1 aliphatic heterocycles. The van der Waals surface area contributed by atoms with Crippen molar-refractivity contribution in [2.75, 3.05) is 13.2 Å². The van der Waals surface area contributed by atoms with Crippen LogP contribution in [0, 0.1) is 11.3 Å². The Labute approximate surface area is 167 Å². The van der Waals surface area contributed by atoms with Crippen molar-refractivity contribution >= 4 is 18.2 Å². The summed E-state index contributed by atoms with van der Waals surface area (Å²) in [7, 11) is 0. The topological polar surface area (TPSA) is 111 Å². The zero-order valence-electron chi connectivity index (χ0n) is 15.5. The molecule has 1 aliphatic rings. The molecule has 1 fully saturated rings. The quantitative estimate of drug-likeness (QED) is 0.318. The molecule has 29 heavy (non-hydrogen) atoms. The molecule has 0 spiro atoms. The van der Waals surface area contributed by atoms with Crippen molar-refractivity contribution < 1.29 is 24.3 Å². The molecule has 0 bridgehead atoms. The van der Waals surface area contributed by atoms with E-state index in [1.807, 2.05) is 24.3 Å². The number of nitriles is 1. The lowest BCUT2D eigenvalue weighted by molar-refractivity contribution is -0.167. The third-order valence-electron chi connectivity index (χ3n) is 4.67. The van der Waals surface area contributed by atoms with Crippen molar-refractivity contribution in [3.05, 3.63) is 54.1 Å². The molecule has 0 radical (unpaired) electrons. The largest absolute Gasteiger partial charge is 0.491 e. The van der Waals surface area contributed by atoms with E-state index in [1.165, 1.54) is 0 Å². The molecule has 1 saturated heterocycles. The summed E-state index contributed by atoms with van der Waals surface area (Å²) in [6, 6.07) is 15.5. The van der Waals surface area contributed by atoms with Crippen molar-refractivity contribution in [1.29, 1.82) is 5.26 Å². The molecule has 8 heteroatoms. The van der Waals surface area contributed by atoms with Crippen LogP contribution < -0.4 is 4.74 Å². The lowest BCUT2D eigenvalue weighted by Gasteiger charge is -2.26. The van der Waals surface area contributed by atoms with Crippen molar-refractivity contribution in [3.63, 3.8) is 0 Å². The highest BCUT2D eigenvalue weighted by Gasteiger charge is 2.32. The molecule has 2 aromatic rings. The monoisotopic (exact) mass is 393 g/mol. The number of imide groups is 1.